The molecular formula is C9H17NOS. The van der Waals surface area contributed by atoms with Crippen LogP contribution in [0.5, 0.6) is 0 Å². The minimum atomic E-state index is -0.0521. The molecular weight excluding hydrogens is 170 g/mol. The third-order valence-electron chi connectivity index (χ3n) is 2.59. The van der Waals surface area contributed by atoms with E-state index in [4.69, 9.17) is 0 Å². The molecule has 1 heterocycles. The predicted molar refractivity (Wildman–Crippen MR) is 53.6 cm³/mol. The van der Waals surface area contributed by atoms with Gasteiger partial charge in [-0.25, -0.2) is 0 Å². The molecule has 1 rings (SSSR count). The Morgan fingerprint density at radius 1 is 1.50 bits per heavy atom. The molecule has 0 aliphatic carbocycles. The number of likely N-dealkylation sites (tertiary alicyclic amines) is 1. The summed E-state index contributed by atoms with van der Waals surface area (Å²) in [6.07, 6.45) is 5.88. The van der Waals surface area contributed by atoms with E-state index in [2.05, 4.69) is 19.6 Å². The molecule has 12 heavy (non-hydrogen) atoms. The third kappa shape index (κ3) is 2.41. The van der Waals surface area contributed by atoms with Gasteiger partial charge in [0.15, 0.2) is 0 Å². The van der Waals surface area contributed by atoms with Crippen LogP contribution in [-0.2, 0) is 0 Å². The van der Waals surface area contributed by atoms with Gasteiger partial charge in [-0.3, -0.25) is 4.79 Å². The van der Waals surface area contributed by atoms with Crippen molar-refractivity contribution in [1.29, 1.82) is 0 Å². The fourth-order valence-electron chi connectivity index (χ4n) is 1.85. The maximum atomic E-state index is 11.1. The van der Waals surface area contributed by atoms with Crippen molar-refractivity contribution in [2.24, 2.45) is 0 Å². The van der Waals surface area contributed by atoms with E-state index in [1.807, 2.05) is 4.90 Å². The van der Waals surface area contributed by atoms with Gasteiger partial charge >= 0.3 is 0 Å². The molecule has 1 amide bonds. The van der Waals surface area contributed by atoms with E-state index in [-0.39, 0.29) is 5.24 Å². The van der Waals surface area contributed by atoms with E-state index in [1.165, 1.54) is 12.8 Å². The second kappa shape index (κ2) is 4.75. The second-order valence-electron chi connectivity index (χ2n) is 3.39. The molecule has 1 fully saturated rings. The zero-order valence-electron chi connectivity index (χ0n) is 7.62. The molecule has 0 bridgehead atoms. The van der Waals surface area contributed by atoms with E-state index >= 15 is 0 Å². The zero-order valence-corrected chi connectivity index (χ0v) is 8.52. The summed E-state index contributed by atoms with van der Waals surface area (Å²) in [5, 5.41) is -0.0521. The Balaban J connectivity index is 2.57. The lowest BCUT2D eigenvalue weighted by Crippen LogP contribution is -2.36. The van der Waals surface area contributed by atoms with E-state index in [0.29, 0.717) is 6.04 Å². The van der Waals surface area contributed by atoms with Gasteiger partial charge in [-0.1, -0.05) is 32.4 Å². The van der Waals surface area contributed by atoms with Gasteiger partial charge in [-0.15, -0.1) is 0 Å². The van der Waals surface area contributed by atoms with E-state index in [0.717, 1.165) is 25.8 Å². The number of rotatable bonds is 1. The highest BCUT2D eigenvalue weighted by Crippen LogP contribution is 2.20. The van der Waals surface area contributed by atoms with Crippen LogP contribution in [0.1, 0.15) is 39.0 Å². The fourth-order valence-corrected chi connectivity index (χ4v) is 2.12. The van der Waals surface area contributed by atoms with Gasteiger partial charge in [0.2, 0.25) is 0 Å². The first kappa shape index (κ1) is 9.90. The van der Waals surface area contributed by atoms with Crippen molar-refractivity contribution in [2.45, 2.75) is 45.1 Å². The van der Waals surface area contributed by atoms with Crippen LogP contribution in [0.15, 0.2) is 0 Å². The van der Waals surface area contributed by atoms with E-state index in [9.17, 15) is 4.79 Å². The smallest absolute Gasteiger partial charge is 0.278 e. The predicted octanol–water partition coefficient (Wildman–Crippen LogP) is 2.69. The second-order valence-corrected chi connectivity index (χ2v) is 3.77. The molecule has 0 aromatic rings. The summed E-state index contributed by atoms with van der Waals surface area (Å²) in [4.78, 5) is 13.0. The molecule has 70 valence electrons. The van der Waals surface area contributed by atoms with Gasteiger partial charge < -0.3 is 4.90 Å². The number of amides is 1. The number of carbonyl (C=O) groups excluding carboxylic acids is 1. The summed E-state index contributed by atoms with van der Waals surface area (Å²) in [5.41, 5.74) is 0. The normalized spacial score (nSPS) is 25.2. The molecule has 0 saturated carbocycles. The molecule has 1 saturated heterocycles. The van der Waals surface area contributed by atoms with Crippen molar-refractivity contribution >= 4 is 17.9 Å². The first-order valence-corrected chi connectivity index (χ1v) is 5.20. The van der Waals surface area contributed by atoms with Crippen LogP contribution in [0.25, 0.3) is 0 Å². The Morgan fingerprint density at radius 3 is 2.83 bits per heavy atom. The molecule has 3 heteroatoms. The average Bonchev–Trinajstić information content (AvgIpc) is 2.27. The molecule has 1 atom stereocenters. The number of nitrogens with zero attached hydrogens (tertiary/aromatic N) is 1. The molecule has 0 aromatic heterocycles. The van der Waals surface area contributed by atoms with Crippen LogP contribution >= 0.6 is 12.6 Å². The maximum absolute atomic E-state index is 11.1. The molecule has 1 aliphatic rings. The van der Waals surface area contributed by atoms with Gasteiger partial charge in [0.25, 0.3) is 5.24 Å². The van der Waals surface area contributed by atoms with Crippen molar-refractivity contribution in [2.75, 3.05) is 6.54 Å². The van der Waals surface area contributed by atoms with Gasteiger partial charge in [-0.05, 0) is 19.3 Å². The summed E-state index contributed by atoms with van der Waals surface area (Å²) >= 11 is 3.89. The number of hydrogen-bond donors (Lipinski definition) is 1. The number of thiol groups is 1. The minimum Gasteiger partial charge on any atom is -0.331 e. The minimum absolute atomic E-state index is 0.0521. The highest BCUT2D eigenvalue weighted by atomic mass is 32.1. The van der Waals surface area contributed by atoms with E-state index in [1.54, 1.807) is 0 Å². The Morgan fingerprint density at radius 2 is 2.25 bits per heavy atom. The Labute approximate surface area is 79.7 Å². The van der Waals surface area contributed by atoms with Crippen molar-refractivity contribution in [3.05, 3.63) is 0 Å². The molecule has 0 radical (unpaired) electrons. The van der Waals surface area contributed by atoms with Crippen LogP contribution in [-0.4, -0.2) is 22.7 Å². The molecule has 0 aromatic carbocycles. The first-order chi connectivity index (χ1) is 5.75. The SMILES string of the molecule is CC[C@H]1CCCCCN1C(=O)S. The molecule has 1 aliphatic heterocycles. The van der Waals surface area contributed by atoms with Crippen molar-refractivity contribution in [3.63, 3.8) is 0 Å². The van der Waals surface area contributed by atoms with Crippen LogP contribution < -0.4 is 0 Å². The van der Waals surface area contributed by atoms with Crippen molar-refractivity contribution in [1.82, 2.24) is 4.90 Å². The van der Waals surface area contributed by atoms with Crippen LogP contribution in [0.3, 0.4) is 0 Å². The van der Waals surface area contributed by atoms with Crippen molar-refractivity contribution < 1.29 is 4.79 Å². The first-order valence-electron chi connectivity index (χ1n) is 4.75. The molecule has 0 unspecified atom stereocenters. The lowest BCUT2D eigenvalue weighted by Gasteiger charge is -2.27. The monoisotopic (exact) mass is 187 g/mol. The fraction of sp³-hybridized carbons (Fsp3) is 0.889. The summed E-state index contributed by atoms with van der Waals surface area (Å²) < 4.78 is 0. The van der Waals surface area contributed by atoms with Gasteiger partial charge in [0, 0.05) is 12.6 Å². The molecule has 2 nitrogen and oxygen atoms in total. The maximum Gasteiger partial charge on any atom is 0.278 e. The summed E-state index contributed by atoms with van der Waals surface area (Å²) in [7, 11) is 0. The van der Waals surface area contributed by atoms with E-state index < -0.39 is 0 Å². The van der Waals surface area contributed by atoms with Crippen LogP contribution in [0.4, 0.5) is 4.79 Å². The van der Waals surface area contributed by atoms with Gasteiger partial charge in [0.05, 0.1) is 0 Å². The quantitative estimate of drug-likeness (QED) is 0.626. The van der Waals surface area contributed by atoms with Crippen molar-refractivity contribution in [3.8, 4) is 0 Å². The van der Waals surface area contributed by atoms with Crippen LogP contribution in [0, 0.1) is 0 Å². The Bertz CT molecular complexity index is 161. The lowest BCUT2D eigenvalue weighted by molar-refractivity contribution is 0.198. The number of carbonyl (C=O) groups is 1. The Kier molecular flexibility index (Phi) is 3.92. The zero-order chi connectivity index (χ0) is 8.97. The highest BCUT2D eigenvalue weighted by molar-refractivity contribution is 7.96. The summed E-state index contributed by atoms with van der Waals surface area (Å²) in [5.74, 6) is 0. The summed E-state index contributed by atoms with van der Waals surface area (Å²) in [6, 6.07) is 0.442. The molecule has 0 spiro atoms. The lowest BCUT2D eigenvalue weighted by atomic mass is 10.1. The summed E-state index contributed by atoms with van der Waals surface area (Å²) in [6.45, 7) is 3.04. The van der Waals surface area contributed by atoms with Gasteiger partial charge in [-0.2, -0.15) is 0 Å². The number of hydrogen-bond acceptors (Lipinski definition) is 1. The molecule has 0 N–H and O–H groups in total. The topological polar surface area (TPSA) is 20.3 Å². The Hall–Kier alpha value is -0.180. The third-order valence-corrected chi connectivity index (χ3v) is 2.85. The highest BCUT2D eigenvalue weighted by Gasteiger charge is 2.21. The standard InChI is InChI=1S/C9H17NOS/c1-2-8-6-4-3-5-7-10(8)9(11)12/h8H,2-7H2,1H3,(H,11,12)/t8-/m0/s1. The average molecular weight is 187 g/mol. The largest absolute Gasteiger partial charge is 0.331 e. The van der Waals surface area contributed by atoms with Crippen LogP contribution in [0.2, 0.25) is 0 Å². The van der Waals surface area contributed by atoms with Gasteiger partial charge in [0.1, 0.15) is 0 Å².